The minimum atomic E-state index is -0.335. The third kappa shape index (κ3) is 1.96. The van der Waals surface area contributed by atoms with Gasteiger partial charge in [0.15, 0.2) is 0 Å². The number of hydrogen-bond donors (Lipinski definition) is 1. The van der Waals surface area contributed by atoms with Crippen molar-refractivity contribution < 1.29 is 9.18 Å². The molecule has 0 bridgehead atoms. The number of carbonyl (C=O) groups excluding carboxylic acids is 1. The molecule has 1 unspecified atom stereocenters. The van der Waals surface area contributed by atoms with Crippen molar-refractivity contribution in [1.29, 1.82) is 0 Å². The van der Waals surface area contributed by atoms with Crippen molar-refractivity contribution in [3.63, 3.8) is 0 Å². The zero-order chi connectivity index (χ0) is 12.7. The van der Waals surface area contributed by atoms with E-state index in [1.54, 1.807) is 17.0 Å². The van der Waals surface area contributed by atoms with Gasteiger partial charge in [-0.3, -0.25) is 0 Å². The van der Waals surface area contributed by atoms with Crippen LogP contribution in [0.25, 0.3) is 0 Å². The SMILES string of the molecule is NC1=NC(=O)N(CC2CC2)C1c1ccc(F)cc1. The molecule has 94 valence electrons. The van der Waals surface area contributed by atoms with Gasteiger partial charge in [-0.05, 0) is 36.5 Å². The Labute approximate surface area is 104 Å². The summed E-state index contributed by atoms with van der Waals surface area (Å²) in [5, 5.41) is 0. The second-order valence-electron chi connectivity index (χ2n) is 4.87. The summed E-state index contributed by atoms with van der Waals surface area (Å²) in [5.41, 5.74) is 6.63. The predicted octanol–water partition coefficient (Wildman–Crippen LogP) is 2.07. The van der Waals surface area contributed by atoms with Crippen LogP contribution < -0.4 is 5.73 Å². The molecule has 0 aromatic heterocycles. The topological polar surface area (TPSA) is 58.7 Å². The lowest BCUT2D eigenvalue weighted by molar-refractivity contribution is 0.204. The summed E-state index contributed by atoms with van der Waals surface area (Å²) < 4.78 is 12.9. The van der Waals surface area contributed by atoms with Gasteiger partial charge in [0.05, 0.1) is 0 Å². The van der Waals surface area contributed by atoms with Crippen LogP contribution in [0.15, 0.2) is 29.3 Å². The summed E-state index contributed by atoms with van der Waals surface area (Å²) >= 11 is 0. The van der Waals surface area contributed by atoms with Gasteiger partial charge in [-0.15, -0.1) is 0 Å². The molecule has 1 atom stereocenters. The fraction of sp³-hybridized carbons (Fsp3) is 0.385. The van der Waals surface area contributed by atoms with Crippen LogP contribution in [0, 0.1) is 11.7 Å². The molecule has 1 aliphatic carbocycles. The number of urea groups is 1. The second kappa shape index (κ2) is 4.08. The Bertz CT molecular complexity index is 507. The molecule has 0 radical (unpaired) electrons. The van der Waals surface area contributed by atoms with E-state index in [0.717, 1.165) is 18.4 Å². The van der Waals surface area contributed by atoms with E-state index in [1.807, 2.05) is 0 Å². The summed E-state index contributed by atoms with van der Waals surface area (Å²) in [4.78, 5) is 17.3. The van der Waals surface area contributed by atoms with Crippen molar-refractivity contribution in [1.82, 2.24) is 4.90 Å². The van der Waals surface area contributed by atoms with Crippen molar-refractivity contribution in [3.8, 4) is 0 Å². The number of nitrogens with zero attached hydrogens (tertiary/aromatic N) is 2. The van der Waals surface area contributed by atoms with E-state index >= 15 is 0 Å². The number of nitrogens with two attached hydrogens (primary N) is 1. The Hall–Kier alpha value is -1.91. The van der Waals surface area contributed by atoms with Crippen molar-refractivity contribution in [2.75, 3.05) is 6.54 Å². The van der Waals surface area contributed by atoms with Gasteiger partial charge in [-0.1, -0.05) is 12.1 Å². The smallest absolute Gasteiger partial charge is 0.346 e. The first-order chi connectivity index (χ1) is 8.65. The molecule has 2 N–H and O–H groups in total. The van der Waals surface area contributed by atoms with Gasteiger partial charge in [0.2, 0.25) is 0 Å². The maximum absolute atomic E-state index is 12.9. The van der Waals surface area contributed by atoms with Gasteiger partial charge >= 0.3 is 6.03 Å². The standard InChI is InChI=1S/C13H14FN3O/c14-10-5-3-9(4-6-10)11-12(15)16-13(18)17(11)7-8-1-2-8/h3-6,8,11H,1-2,7H2,(H2,15,16,18). The average Bonchev–Trinajstić information content (AvgIpc) is 3.09. The Kier molecular flexibility index (Phi) is 2.54. The second-order valence-corrected chi connectivity index (χ2v) is 4.87. The van der Waals surface area contributed by atoms with Crippen LogP contribution >= 0.6 is 0 Å². The molecule has 1 aliphatic heterocycles. The van der Waals surface area contributed by atoms with Crippen LogP contribution in [0.2, 0.25) is 0 Å². The largest absolute Gasteiger partial charge is 0.385 e. The normalized spacial score (nSPS) is 23.4. The fourth-order valence-corrected chi connectivity index (χ4v) is 2.26. The van der Waals surface area contributed by atoms with Crippen LogP contribution in [-0.4, -0.2) is 23.3 Å². The number of halogens is 1. The van der Waals surface area contributed by atoms with E-state index in [9.17, 15) is 9.18 Å². The summed E-state index contributed by atoms with van der Waals surface area (Å²) in [5.74, 6) is 0.567. The van der Waals surface area contributed by atoms with E-state index in [2.05, 4.69) is 4.99 Å². The maximum Gasteiger partial charge on any atom is 0.346 e. The fourth-order valence-electron chi connectivity index (χ4n) is 2.26. The van der Waals surface area contributed by atoms with Crippen molar-refractivity contribution in [2.45, 2.75) is 18.9 Å². The van der Waals surface area contributed by atoms with Gasteiger partial charge < -0.3 is 10.6 Å². The first kappa shape index (κ1) is 11.2. The maximum atomic E-state index is 12.9. The van der Waals surface area contributed by atoms with Gasteiger partial charge in [0.25, 0.3) is 0 Å². The van der Waals surface area contributed by atoms with Crippen LogP contribution in [0.5, 0.6) is 0 Å². The summed E-state index contributed by atoms with van der Waals surface area (Å²) in [6, 6.07) is 5.44. The highest BCUT2D eigenvalue weighted by Gasteiger charge is 2.37. The number of benzene rings is 1. The van der Waals surface area contributed by atoms with E-state index in [4.69, 9.17) is 5.73 Å². The first-order valence-corrected chi connectivity index (χ1v) is 6.05. The van der Waals surface area contributed by atoms with Crippen molar-refractivity contribution >= 4 is 11.9 Å². The number of hydrogen-bond acceptors (Lipinski definition) is 2. The predicted molar refractivity (Wildman–Crippen MR) is 65.6 cm³/mol. The van der Waals surface area contributed by atoms with E-state index < -0.39 is 0 Å². The quantitative estimate of drug-likeness (QED) is 0.888. The van der Waals surface area contributed by atoms with Gasteiger partial charge in [-0.2, -0.15) is 4.99 Å². The zero-order valence-electron chi connectivity index (χ0n) is 9.84. The molecule has 1 aromatic carbocycles. The Morgan fingerprint density at radius 2 is 2.00 bits per heavy atom. The highest BCUT2D eigenvalue weighted by Crippen LogP contribution is 2.35. The van der Waals surface area contributed by atoms with E-state index in [0.29, 0.717) is 18.3 Å². The third-order valence-electron chi connectivity index (χ3n) is 3.40. The molecule has 18 heavy (non-hydrogen) atoms. The monoisotopic (exact) mass is 247 g/mol. The van der Waals surface area contributed by atoms with Crippen molar-refractivity contribution in [3.05, 3.63) is 35.6 Å². The number of aliphatic imine (C=N–C) groups is 1. The summed E-state index contributed by atoms with van der Waals surface area (Å²) in [6.45, 7) is 0.686. The van der Waals surface area contributed by atoms with Crippen LogP contribution in [-0.2, 0) is 0 Å². The molecular weight excluding hydrogens is 233 g/mol. The van der Waals surface area contributed by atoms with Gasteiger partial charge in [-0.25, -0.2) is 9.18 Å². The highest BCUT2D eigenvalue weighted by atomic mass is 19.1. The molecule has 4 nitrogen and oxygen atoms in total. The molecule has 1 aromatic rings. The number of amidine groups is 1. The van der Waals surface area contributed by atoms with Crippen LogP contribution in [0.4, 0.5) is 9.18 Å². The molecule has 1 saturated carbocycles. The summed E-state index contributed by atoms with van der Waals surface area (Å²) in [7, 11) is 0. The molecule has 2 aliphatic rings. The lowest BCUT2D eigenvalue weighted by Gasteiger charge is -2.24. The van der Waals surface area contributed by atoms with Crippen LogP contribution in [0.3, 0.4) is 0 Å². The van der Waals surface area contributed by atoms with Crippen molar-refractivity contribution in [2.24, 2.45) is 16.6 Å². The molecule has 0 spiro atoms. The minimum Gasteiger partial charge on any atom is -0.385 e. The molecular formula is C13H14FN3O. The van der Waals surface area contributed by atoms with Crippen LogP contribution in [0.1, 0.15) is 24.4 Å². The lowest BCUT2D eigenvalue weighted by atomic mass is 10.1. The molecule has 1 fully saturated rings. The number of rotatable bonds is 3. The number of carbonyl (C=O) groups is 1. The first-order valence-electron chi connectivity index (χ1n) is 6.05. The zero-order valence-corrected chi connectivity index (χ0v) is 9.84. The molecule has 1 heterocycles. The van der Waals surface area contributed by atoms with E-state index in [-0.39, 0.29) is 17.9 Å². The molecule has 0 saturated heterocycles. The Morgan fingerprint density at radius 1 is 1.33 bits per heavy atom. The lowest BCUT2D eigenvalue weighted by Crippen LogP contribution is -2.34. The van der Waals surface area contributed by atoms with Gasteiger partial charge in [0.1, 0.15) is 17.7 Å². The average molecular weight is 247 g/mol. The summed E-state index contributed by atoms with van der Waals surface area (Å²) in [6.07, 6.45) is 2.31. The Balaban J connectivity index is 1.88. The molecule has 5 heteroatoms. The number of amides is 2. The molecule has 2 amide bonds. The van der Waals surface area contributed by atoms with Gasteiger partial charge in [0, 0.05) is 6.54 Å². The van der Waals surface area contributed by atoms with E-state index in [1.165, 1.54) is 12.1 Å². The Morgan fingerprint density at radius 3 is 2.61 bits per heavy atom. The minimum absolute atomic E-state index is 0.284. The molecule has 3 rings (SSSR count). The third-order valence-corrected chi connectivity index (χ3v) is 3.40. The highest BCUT2D eigenvalue weighted by molar-refractivity contribution is 6.03.